The van der Waals surface area contributed by atoms with E-state index in [9.17, 15) is 0 Å². The van der Waals surface area contributed by atoms with Gasteiger partial charge in [0, 0.05) is 43.3 Å². The second-order valence-electron chi connectivity index (χ2n) is 14.9. The molecule has 0 aliphatic heterocycles. The molecule has 0 fully saturated rings. The van der Waals surface area contributed by atoms with Crippen LogP contribution in [0.25, 0.3) is 110 Å². The topological polar surface area (TPSA) is 35.1 Å². The van der Waals surface area contributed by atoms with E-state index >= 15 is 0 Å². The minimum atomic E-state index is 0.664. The Kier molecular flexibility index (Phi) is 5.65. The summed E-state index contributed by atoms with van der Waals surface area (Å²) in [4.78, 5) is 10.8. The van der Waals surface area contributed by atoms with Crippen molar-refractivity contribution in [2.75, 3.05) is 0 Å². The highest BCUT2D eigenvalue weighted by Crippen LogP contribution is 2.46. The normalized spacial score (nSPS) is 12.7. The van der Waals surface area contributed by atoms with Crippen LogP contribution in [0.1, 0.15) is 11.1 Å². The molecule has 4 nitrogen and oxygen atoms in total. The SMILES string of the molecule is c1ccc(-c2nc(-n3c4ccccc4c4ccc5c(c6cccc7c8cccc9c8c8c(cccc8c8ccccc8n5c76)C9)c43)nc3ccccc23)cc1. The molecule has 1 aliphatic rings. The Hall–Kier alpha value is -7.30. The molecule has 0 bridgehead atoms. The predicted octanol–water partition coefficient (Wildman–Crippen LogP) is 12.9. The zero-order valence-electron chi connectivity index (χ0n) is 29.7. The Labute approximate surface area is 314 Å². The number of hydrogen-bond donors (Lipinski definition) is 0. The van der Waals surface area contributed by atoms with E-state index in [0.29, 0.717) is 5.95 Å². The molecule has 4 heteroatoms. The van der Waals surface area contributed by atoms with Crippen molar-refractivity contribution in [1.29, 1.82) is 0 Å². The molecule has 0 amide bonds. The second kappa shape index (κ2) is 10.6. The molecular formula is C51H30N4. The van der Waals surface area contributed by atoms with Crippen LogP contribution in [0.5, 0.6) is 0 Å². The summed E-state index contributed by atoms with van der Waals surface area (Å²) in [5, 5.41) is 13.6. The number of benzene rings is 8. The van der Waals surface area contributed by atoms with E-state index in [2.05, 4.69) is 179 Å². The van der Waals surface area contributed by atoms with Gasteiger partial charge in [-0.05, 0) is 63.4 Å². The van der Waals surface area contributed by atoms with Gasteiger partial charge in [0.1, 0.15) is 0 Å². The predicted molar refractivity (Wildman–Crippen MR) is 229 cm³/mol. The third-order valence-electron chi connectivity index (χ3n) is 12.1. The maximum atomic E-state index is 5.45. The molecule has 0 radical (unpaired) electrons. The van der Waals surface area contributed by atoms with E-state index in [1.165, 1.54) is 76.0 Å². The van der Waals surface area contributed by atoms with Crippen molar-refractivity contribution in [3.8, 4) is 17.2 Å². The molecule has 12 aromatic rings. The Balaban J connectivity index is 1.30. The Morgan fingerprint density at radius 1 is 0.364 bits per heavy atom. The van der Waals surface area contributed by atoms with Crippen LogP contribution >= 0.6 is 0 Å². The van der Waals surface area contributed by atoms with Gasteiger partial charge in [0.25, 0.3) is 0 Å². The Bertz CT molecular complexity index is 3680. The van der Waals surface area contributed by atoms with Gasteiger partial charge in [-0.3, -0.25) is 4.57 Å². The monoisotopic (exact) mass is 698 g/mol. The number of fused-ring (bicyclic) bond motifs is 12. The molecular weight excluding hydrogens is 669 g/mol. The van der Waals surface area contributed by atoms with Gasteiger partial charge in [-0.15, -0.1) is 0 Å². The first kappa shape index (κ1) is 29.2. The van der Waals surface area contributed by atoms with Gasteiger partial charge < -0.3 is 4.40 Å². The van der Waals surface area contributed by atoms with Crippen LogP contribution in [0, 0.1) is 0 Å². The summed E-state index contributed by atoms with van der Waals surface area (Å²) in [6, 6.07) is 61.8. The van der Waals surface area contributed by atoms with Gasteiger partial charge in [-0.1, -0.05) is 146 Å². The van der Waals surface area contributed by atoms with Crippen molar-refractivity contribution in [2.45, 2.75) is 6.42 Å². The standard InChI is InChI=1S/C51H30N4/c1-2-13-30(14-3-1)48-39-19-4-7-24-41(39)52-51(53-48)55-43-26-9-6-18-34(43)38-27-28-44-47(50(38)55)40-23-12-22-37-36-21-11-16-32-29-31-15-10-20-35(45(31)46(32)36)33-17-5-8-25-42(33)54(44)49(37)40/h1-28H,29H2. The van der Waals surface area contributed by atoms with Crippen molar-refractivity contribution in [3.63, 3.8) is 0 Å². The third kappa shape index (κ3) is 3.80. The number of nitrogens with zero attached hydrogens (tertiary/aromatic N) is 4. The molecule has 1 aliphatic carbocycles. The molecule has 0 spiro atoms. The number of rotatable bonds is 2. The molecule has 8 aromatic carbocycles. The van der Waals surface area contributed by atoms with E-state index < -0.39 is 0 Å². The van der Waals surface area contributed by atoms with Gasteiger partial charge in [0.15, 0.2) is 0 Å². The minimum Gasteiger partial charge on any atom is -0.308 e. The van der Waals surface area contributed by atoms with Crippen molar-refractivity contribution < 1.29 is 0 Å². The summed E-state index contributed by atoms with van der Waals surface area (Å²) >= 11 is 0. The molecule has 13 rings (SSSR count). The first-order valence-corrected chi connectivity index (χ1v) is 19.0. The van der Waals surface area contributed by atoms with Crippen molar-refractivity contribution in [1.82, 2.24) is 18.9 Å². The Morgan fingerprint density at radius 2 is 0.945 bits per heavy atom. The smallest absolute Gasteiger partial charge is 0.235 e. The number of para-hydroxylation sites is 4. The molecule has 254 valence electrons. The van der Waals surface area contributed by atoms with Gasteiger partial charge >= 0.3 is 0 Å². The summed E-state index contributed by atoms with van der Waals surface area (Å²) in [5.41, 5.74) is 11.5. The summed E-state index contributed by atoms with van der Waals surface area (Å²) in [6.45, 7) is 0. The number of hydrogen-bond acceptors (Lipinski definition) is 2. The van der Waals surface area contributed by atoms with Gasteiger partial charge in [-0.2, -0.15) is 0 Å². The lowest BCUT2D eigenvalue weighted by Crippen LogP contribution is -2.03. The average Bonchev–Trinajstić information content (AvgIpc) is 3.92. The maximum Gasteiger partial charge on any atom is 0.235 e. The largest absolute Gasteiger partial charge is 0.308 e. The maximum absolute atomic E-state index is 5.45. The fourth-order valence-electron chi connectivity index (χ4n) is 9.90. The lowest BCUT2D eigenvalue weighted by Gasteiger charge is -2.12. The van der Waals surface area contributed by atoms with Crippen LogP contribution in [0.15, 0.2) is 170 Å². The van der Waals surface area contributed by atoms with Crippen LogP contribution in [-0.2, 0) is 6.42 Å². The van der Waals surface area contributed by atoms with Crippen molar-refractivity contribution >= 4 is 92.3 Å². The average molecular weight is 699 g/mol. The van der Waals surface area contributed by atoms with Crippen molar-refractivity contribution in [2.24, 2.45) is 0 Å². The highest BCUT2D eigenvalue weighted by molar-refractivity contribution is 6.31. The summed E-state index contributed by atoms with van der Waals surface area (Å²) in [7, 11) is 0. The molecule has 0 saturated carbocycles. The van der Waals surface area contributed by atoms with E-state index in [-0.39, 0.29) is 0 Å². The van der Waals surface area contributed by atoms with E-state index in [1.54, 1.807) is 0 Å². The van der Waals surface area contributed by atoms with E-state index in [4.69, 9.17) is 9.97 Å². The third-order valence-corrected chi connectivity index (χ3v) is 12.1. The molecule has 0 N–H and O–H groups in total. The summed E-state index contributed by atoms with van der Waals surface area (Å²) in [5.74, 6) is 0.664. The summed E-state index contributed by atoms with van der Waals surface area (Å²) < 4.78 is 4.86. The molecule has 0 atom stereocenters. The molecule has 4 aromatic heterocycles. The first-order valence-electron chi connectivity index (χ1n) is 19.0. The second-order valence-corrected chi connectivity index (χ2v) is 14.9. The molecule has 55 heavy (non-hydrogen) atoms. The highest BCUT2D eigenvalue weighted by Gasteiger charge is 2.24. The van der Waals surface area contributed by atoms with Gasteiger partial charge in [-0.25, -0.2) is 9.97 Å². The highest BCUT2D eigenvalue weighted by atomic mass is 15.2. The van der Waals surface area contributed by atoms with Crippen LogP contribution in [0.4, 0.5) is 0 Å². The van der Waals surface area contributed by atoms with Gasteiger partial charge in [0.2, 0.25) is 5.95 Å². The van der Waals surface area contributed by atoms with Crippen LogP contribution in [0.3, 0.4) is 0 Å². The lowest BCUT2D eigenvalue weighted by atomic mass is 10.0. The zero-order valence-corrected chi connectivity index (χ0v) is 29.7. The van der Waals surface area contributed by atoms with E-state index in [0.717, 1.165) is 45.1 Å². The van der Waals surface area contributed by atoms with Crippen LogP contribution in [0.2, 0.25) is 0 Å². The van der Waals surface area contributed by atoms with Crippen LogP contribution < -0.4 is 0 Å². The fourth-order valence-corrected chi connectivity index (χ4v) is 9.90. The fraction of sp³-hybridized carbons (Fsp3) is 0.0196. The van der Waals surface area contributed by atoms with E-state index in [1.807, 2.05) is 0 Å². The molecule has 4 heterocycles. The quantitative estimate of drug-likeness (QED) is 0.180. The molecule has 0 saturated heterocycles. The lowest BCUT2D eigenvalue weighted by molar-refractivity contribution is 1.02. The van der Waals surface area contributed by atoms with Crippen molar-refractivity contribution in [3.05, 3.63) is 181 Å². The van der Waals surface area contributed by atoms with Crippen LogP contribution in [-0.4, -0.2) is 18.9 Å². The summed E-state index contributed by atoms with van der Waals surface area (Å²) in [6.07, 6.45) is 0.949. The minimum absolute atomic E-state index is 0.664. The zero-order chi connectivity index (χ0) is 35.8. The Morgan fingerprint density at radius 3 is 1.75 bits per heavy atom. The molecule has 0 unspecified atom stereocenters. The number of aromatic nitrogens is 4. The van der Waals surface area contributed by atoms with Gasteiger partial charge in [0.05, 0.1) is 38.8 Å². The first-order chi connectivity index (χ1) is 27.3.